The average molecular weight is 459 g/mol. The van der Waals surface area contributed by atoms with Crippen molar-refractivity contribution in [3.8, 4) is 16.3 Å². The van der Waals surface area contributed by atoms with Crippen LogP contribution in [0.5, 0.6) is 5.75 Å². The molecule has 0 saturated heterocycles. The molecule has 8 nitrogen and oxygen atoms in total. The highest BCUT2D eigenvalue weighted by Gasteiger charge is 2.37. The molecule has 0 bridgehead atoms. The number of pyridine rings is 1. The second kappa shape index (κ2) is 8.79. The van der Waals surface area contributed by atoms with E-state index in [1.807, 2.05) is 13.8 Å². The largest absolute Gasteiger partial charge is 0.503 e. The van der Waals surface area contributed by atoms with Gasteiger partial charge >= 0.3 is 0 Å². The van der Waals surface area contributed by atoms with Crippen molar-refractivity contribution in [2.24, 2.45) is 0 Å². The highest BCUT2D eigenvalue weighted by molar-refractivity contribution is 7.14. The van der Waals surface area contributed by atoms with Crippen LogP contribution in [-0.2, 0) is 17.7 Å². The molecule has 1 aliphatic heterocycles. The Bertz CT molecular complexity index is 1210. The van der Waals surface area contributed by atoms with Crippen LogP contribution in [0.2, 0.25) is 0 Å². The summed E-state index contributed by atoms with van der Waals surface area (Å²) < 4.78 is 20.2. The van der Waals surface area contributed by atoms with Gasteiger partial charge in [0.2, 0.25) is 5.43 Å². The lowest BCUT2D eigenvalue weighted by Gasteiger charge is -2.39. The molecule has 10 heteroatoms. The summed E-state index contributed by atoms with van der Waals surface area (Å²) in [7, 11) is 1.58. The van der Waals surface area contributed by atoms with E-state index in [0.29, 0.717) is 29.5 Å². The molecule has 1 amide bonds. The van der Waals surface area contributed by atoms with E-state index in [1.54, 1.807) is 34.9 Å². The summed E-state index contributed by atoms with van der Waals surface area (Å²) in [5.74, 6) is -1.32. The lowest BCUT2D eigenvalue weighted by Crippen LogP contribution is -2.53. The number of hydrogen-bond acceptors (Lipinski definition) is 7. The first-order valence-electron chi connectivity index (χ1n) is 10.2. The standard InChI is InChI=1S/C22H23FN4O4S/c1-4-27-16(12(2)31-3)11-26-10-15(19(28)20(29)18(26)22(27)30)21-25-24-17(32-21)9-13-5-7-14(23)8-6-13/h5-8,10,12,16,29H,4,9,11H2,1-3H3/t12-,16+/m0/s1. The van der Waals surface area contributed by atoms with E-state index >= 15 is 0 Å². The molecule has 0 aliphatic carbocycles. The SMILES string of the molecule is CCN1C(=O)c2c(O)c(=O)c(-c3nnc(Cc4ccc(F)cc4)s3)cn2C[C@@H]1[C@H](C)OC. The van der Waals surface area contributed by atoms with Gasteiger partial charge in [-0.3, -0.25) is 9.59 Å². The van der Waals surface area contributed by atoms with Crippen LogP contribution in [-0.4, -0.2) is 56.5 Å². The number of carbonyl (C=O) groups is 1. The number of halogens is 1. The quantitative estimate of drug-likeness (QED) is 0.610. The van der Waals surface area contributed by atoms with Crippen molar-refractivity contribution in [2.45, 2.75) is 39.0 Å². The van der Waals surface area contributed by atoms with E-state index in [1.165, 1.54) is 23.5 Å². The minimum Gasteiger partial charge on any atom is -0.503 e. The molecule has 0 radical (unpaired) electrons. The maximum absolute atomic E-state index is 13.1. The van der Waals surface area contributed by atoms with Crippen molar-refractivity contribution in [2.75, 3.05) is 13.7 Å². The lowest BCUT2D eigenvalue weighted by molar-refractivity contribution is 0.00983. The van der Waals surface area contributed by atoms with Crippen molar-refractivity contribution >= 4 is 17.2 Å². The first-order chi connectivity index (χ1) is 15.3. The lowest BCUT2D eigenvalue weighted by atomic mass is 10.0. The minimum atomic E-state index is -0.664. The fourth-order valence-electron chi connectivity index (χ4n) is 3.91. The average Bonchev–Trinajstić information content (AvgIpc) is 3.25. The molecule has 0 spiro atoms. The zero-order valence-electron chi connectivity index (χ0n) is 17.9. The van der Waals surface area contributed by atoms with Crippen LogP contribution in [0.4, 0.5) is 4.39 Å². The Labute approximate surface area is 187 Å². The Morgan fingerprint density at radius 1 is 1.28 bits per heavy atom. The smallest absolute Gasteiger partial charge is 0.274 e. The van der Waals surface area contributed by atoms with Crippen LogP contribution < -0.4 is 5.43 Å². The van der Waals surface area contributed by atoms with E-state index in [4.69, 9.17) is 4.74 Å². The monoisotopic (exact) mass is 458 g/mol. The molecule has 0 unspecified atom stereocenters. The highest BCUT2D eigenvalue weighted by Crippen LogP contribution is 2.30. The number of benzene rings is 1. The molecule has 0 fully saturated rings. The summed E-state index contributed by atoms with van der Waals surface area (Å²) >= 11 is 1.22. The maximum atomic E-state index is 13.1. The van der Waals surface area contributed by atoms with E-state index in [0.717, 1.165) is 5.56 Å². The second-order valence-corrected chi connectivity index (χ2v) is 8.69. The third kappa shape index (κ3) is 3.91. The van der Waals surface area contributed by atoms with Gasteiger partial charge in [0, 0.05) is 32.8 Å². The van der Waals surface area contributed by atoms with Gasteiger partial charge in [-0.15, -0.1) is 10.2 Å². The normalized spacial score (nSPS) is 16.8. The van der Waals surface area contributed by atoms with Crippen molar-refractivity contribution in [3.05, 3.63) is 62.8 Å². The summed E-state index contributed by atoms with van der Waals surface area (Å²) in [6.07, 6.45) is 1.76. The molecule has 168 valence electrons. The third-order valence-corrected chi connectivity index (χ3v) is 6.68. The predicted molar refractivity (Wildman–Crippen MR) is 117 cm³/mol. The number of nitrogens with zero attached hydrogens (tertiary/aromatic N) is 4. The summed E-state index contributed by atoms with van der Waals surface area (Å²) in [6.45, 7) is 4.51. The number of carbonyl (C=O) groups excluding carboxylic acids is 1. The first-order valence-corrected chi connectivity index (χ1v) is 11.0. The second-order valence-electron chi connectivity index (χ2n) is 7.63. The molecule has 1 N–H and O–H groups in total. The zero-order chi connectivity index (χ0) is 23.0. The van der Waals surface area contributed by atoms with Gasteiger partial charge in [0.1, 0.15) is 10.8 Å². The van der Waals surface area contributed by atoms with Gasteiger partial charge < -0.3 is 19.3 Å². The number of rotatable bonds is 6. The van der Waals surface area contributed by atoms with Crippen LogP contribution in [0.1, 0.15) is 34.9 Å². The predicted octanol–water partition coefficient (Wildman–Crippen LogP) is 2.68. The number of hydrogen-bond donors (Lipinski definition) is 1. The van der Waals surface area contributed by atoms with E-state index in [-0.39, 0.29) is 29.2 Å². The molecule has 1 aromatic carbocycles. The maximum Gasteiger partial charge on any atom is 0.274 e. The summed E-state index contributed by atoms with van der Waals surface area (Å²) in [4.78, 5) is 27.5. The molecular formula is C22H23FN4O4S. The fourth-order valence-corrected chi connectivity index (χ4v) is 4.79. The number of amides is 1. The highest BCUT2D eigenvalue weighted by atomic mass is 32.1. The van der Waals surface area contributed by atoms with E-state index in [2.05, 4.69) is 10.2 Å². The summed E-state index contributed by atoms with van der Waals surface area (Å²) in [5.41, 5.74) is 0.344. The van der Waals surface area contributed by atoms with Crippen molar-refractivity contribution in [1.82, 2.24) is 19.7 Å². The molecule has 32 heavy (non-hydrogen) atoms. The third-order valence-electron chi connectivity index (χ3n) is 5.72. The molecule has 3 heterocycles. The molecule has 3 aromatic rings. The van der Waals surface area contributed by atoms with Crippen molar-refractivity contribution < 1.29 is 19.0 Å². The van der Waals surface area contributed by atoms with Gasteiger partial charge in [-0.05, 0) is 31.5 Å². The molecule has 2 atom stereocenters. The van der Waals surface area contributed by atoms with Gasteiger partial charge in [0.15, 0.2) is 16.5 Å². The van der Waals surface area contributed by atoms with Gasteiger partial charge in [-0.1, -0.05) is 23.5 Å². The molecule has 4 rings (SSSR count). The number of ether oxygens (including phenoxy) is 1. The van der Waals surface area contributed by atoms with Gasteiger partial charge in [-0.2, -0.15) is 0 Å². The first kappa shape index (κ1) is 22.1. The minimum absolute atomic E-state index is 0.0313. The van der Waals surface area contributed by atoms with Crippen LogP contribution in [0.15, 0.2) is 35.3 Å². The Balaban J connectivity index is 1.71. The van der Waals surface area contributed by atoms with Gasteiger partial charge in [0.25, 0.3) is 5.91 Å². The van der Waals surface area contributed by atoms with Crippen molar-refractivity contribution in [1.29, 1.82) is 0 Å². The Hall–Kier alpha value is -3.11. The summed E-state index contributed by atoms with van der Waals surface area (Å²) in [5, 5.41) is 19.9. The topological polar surface area (TPSA) is 97.5 Å². The number of methoxy groups -OCH3 is 1. The molecule has 1 aliphatic rings. The van der Waals surface area contributed by atoms with Crippen molar-refractivity contribution in [3.63, 3.8) is 0 Å². The molecular weight excluding hydrogens is 435 g/mol. The summed E-state index contributed by atoms with van der Waals surface area (Å²) in [6, 6.07) is 5.83. The fraction of sp³-hybridized carbons (Fsp3) is 0.364. The Kier molecular flexibility index (Phi) is 6.07. The Morgan fingerprint density at radius 2 is 2.00 bits per heavy atom. The van der Waals surface area contributed by atoms with Gasteiger partial charge in [-0.25, -0.2) is 4.39 Å². The number of aromatic hydroxyl groups is 1. The Morgan fingerprint density at radius 3 is 2.66 bits per heavy atom. The van der Waals surface area contributed by atoms with E-state index < -0.39 is 17.1 Å². The number of aromatic nitrogens is 3. The van der Waals surface area contributed by atoms with Crippen LogP contribution >= 0.6 is 11.3 Å². The zero-order valence-corrected chi connectivity index (χ0v) is 18.7. The van der Waals surface area contributed by atoms with Gasteiger partial charge in [0.05, 0.1) is 17.7 Å². The number of fused-ring (bicyclic) bond motifs is 1. The van der Waals surface area contributed by atoms with Crippen LogP contribution in [0, 0.1) is 5.82 Å². The number of likely N-dealkylation sites (N-methyl/N-ethyl adjacent to an activating group) is 1. The molecule has 0 saturated carbocycles. The van der Waals surface area contributed by atoms with E-state index in [9.17, 15) is 19.1 Å². The van der Waals surface area contributed by atoms with Crippen LogP contribution in [0.3, 0.4) is 0 Å². The van der Waals surface area contributed by atoms with Crippen LogP contribution in [0.25, 0.3) is 10.6 Å². The molecule has 2 aromatic heterocycles.